The summed E-state index contributed by atoms with van der Waals surface area (Å²) in [6, 6.07) is 7.62. The van der Waals surface area contributed by atoms with Crippen LogP contribution in [0.5, 0.6) is 11.5 Å². The molecule has 11 heteroatoms. The third-order valence-electron chi connectivity index (χ3n) is 4.62. The lowest BCUT2D eigenvalue weighted by molar-refractivity contribution is 0.174. The van der Waals surface area contributed by atoms with Crippen LogP contribution in [0.2, 0.25) is 0 Å². The first kappa shape index (κ1) is 17.6. The highest BCUT2D eigenvalue weighted by Crippen LogP contribution is 2.36. The Morgan fingerprint density at radius 2 is 1.97 bits per heavy atom. The van der Waals surface area contributed by atoms with Crippen LogP contribution in [0.1, 0.15) is 0 Å². The van der Waals surface area contributed by atoms with Gasteiger partial charge in [-0.05, 0) is 23.6 Å². The molecular weight excluding hydrogens is 416 g/mol. The molecule has 2 N–H and O–H groups in total. The van der Waals surface area contributed by atoms with Crippen LogP contribution in [0.15, 0.2) is 59.9 Å². The van der Waals surface area contributed by atoms with E-state index in [1.54, 1.807) is 36.3 Å². The molecule has 6 rings (SSSR count). The van der Waals surface area contributed by atoms with E-state index in [-0.39, 0.29) is 6.79 Å². The number of fused-ring (bicyclic) bond motifs is 2. The lowest BCUT2D eigenvalue weighted by Gasteiger charge is -2.10. The quantitative estimate of drug-likeness (QED) is 0.429. The molecule has 4 aromatic heterocycles. The summed E-state index contributed by atoms with van der Waals surface area (Å²) >= 11 is 1.60. The molecule has 1 aliphatic heterocycles. The fourth-order valence-corrected chi connectivity index (χ4v) is 3.84. The van der Waals surface area contributed by atoms with Crippen LogP contribution in [0.4, 0.5) is 23.3 Å². The molecule has 10 nitrogen and oxygen atoms in total. The fraction of sp³-hybridized carbons (Fsp3) is 0.0500. The third kappa shape index (κ3) is 3.26. The summed E-state index contributed by atoms with van der Waals surface area (Å²) in [7, 11) is 0. The molecule has 1 aliphatic rings. The predicted molar refractivity (Wildman–Crippen MR) is 116 cm³/mol. The first-order valence-electron chi connectivity index (χ1n) is 9.31. The maximum Gasteiger partial charge on any atom is 0.232 e. The van der Waals surface area contributed by atoms with Crippen molar-refractivity contribution in [3.05, 3.63) is 59.9 Å². The number of thiophene rings is 1. The molecule has 1 aromatic carbocycles. The largest absolute Gasteiger partial charge is 0.454 e. The van der Waals surface area contributed by atoms with Crippen molar-refractivity contribution in [3.63, 3.8) is 0 Å². The fourth-order valence-electron chi connectivity index (χ4n) is 3.22. The molecule has 31 heavy (non-hydrogen) atoms. The van der Waals surface area contributed by atoms with Gasteiger partial charge in [0.15, 0.2) is 34.3 Å². The van der Waals surface area contributed by atoms with Gasteiger partial charge in [-0.2, -0.15) is 21.3 Å². The maximum atomic E-state index is 5.48. The van der Waals surface area contributed by atoms with Crippen LogP contribution >= 0.6 is 11.3 Å². The molecule has 0 radical (unpaired) electrons. The molecule has 0 bridgehead atoms. The Morgan fingerprint density at radius 1 is 1.00 bits per heavy atom. The van der Waals surface area contributed by atoms with Crippen LogP contribution in [0, 0.1) is 0 Å². The summed E-state index contributed by atoms with van der Waals surface area (Å²) in [5.74, 6) is 2.84. The number of imidazole rings is 1. The monoisotopic (exact) mass is 430 g/mol. The van der Waals surface area contributed by atoms with Gasteiger partial charge in [-0.25, -0.2) is 9.97 Å². The first-order chi connectivity index (χ1) is 15.3. The summed E-state index contributed by atoms with van der Waals surface area (Å²) < 4.78 is 12.8. The molecule has 0 unspecified atom stereocenters. The van der Waals surface area contributed by atoms with Crippen LogP contribution in [0.3, 0.4) is 0 Å². The lowest BCUT2D eigenvalue weighted by Crippen LogP contribution is -2.04. The maximum absolute atomic E-state index is 5.48. The Labute approximate surface area is 179 Å². The number of hydrogen-bond donors (Lipinski definition) is 2. The van der Waals surface area contributed by atoms with Gasteiger partial charge in [0.25, 0.3) is 0 Å². The van der Waals surface area contributed by atoms with E-state index >= 15 is 0 Å². The van der Waals surface area contributed by atoms with Gasteiger partial charge in [0.05, 0.1) is 11.9 Å². The van der Waals surface area contributed by atoms with Crippen molar-refractivity contribution in [2.24, 2.45) is 0 Å². The van der Waals surface area contributed by atoms with Gasteiger partial charge in [0.2, 0.25) is 12.7 Å². The zero-order valence-corrected chi connectivity index (χ0v) is 16.7. The number of aromatic nitrogens is 6. The number of nitrogens with one attached hydrogen (secondary N) is 2. The SMILES string of the molecule is c1cnc(Nc2nc(Nc3ccc4c(c3)OCO4)c3ncn(-c4ccsc4)c3n2)cn1. The number of benzene rings is 1. The number of anilines is 4. The minimum atomic E-state index is 0.216. The van der Waals surface area contributed by atoms with E-state index in [0.29, 0.717) is 40.2 Å². The second-order valence-electron chi connectivity index (χ2n) is 6.57. The summed E-state index contributed by atoms with van der Waals surface area (Å²) in [4.78, 5) is 22.2. The van der Waals surface area contributed by atoms with Crippen molar-refractivity contribution >= 4 is 45.8 Å². The van der Waals surface area contributed by atoms with Gasteiger partial charge in [-0.15, -0.1) is 0 Å². The Morgan fingerprint density at radius 3 is 2.84 bits per heavy atom. The van der Waals surface area contributed by atoms with Gasteiger partial charge in [0, 0.05) is 29.5 Å². The van der Waals surface area contributed by atoms with Gasteiger partial charge in [-0.3, -0.25) is 9.55 Å². The summed E-state index contributed by atoms with van der Waals surface area (Å²) in [5, 5.41) is 10.5. The smallest absolute Gasteiger partial charge is 0.232 e. The van der Waals surface area contributed by atoms with Gasteiger partial charge < -0.3 is 20.1 Å². The zero-order chi connectivity index (χ0) is 20.6. The molecule has 0 fully saturated rings. The number of hydrogen-bond acceptors (Lipinski definition) is 10. The van der Waals surface area contributed by atoms with Crippen LogP contribution in [0.25, 0.3) is 16.9 Å². The summed E-state index contributed by atoms with van der Waals surface area (Å²) in [6.07, 6.45) is 6.54. The Bertz CT molecular complexity index is 1370. The lowest BCUT2D eigenvalue weighted by atomic mass is 10.2. The van der Waals surface area contributed by atoms with Gasteiger partial charge in [0.1, 0.15) is 6.33 Å². The van der Waals surface area contributed by atoms with Crippen molar-refractivity contribution in [1.82, 2.24) is 29.5 Å². The van der Waals surface area contributed by atoms with Gasteiger partial charge in [-0.1, -0.05) is 0 Å². The number of nitrogens with zero attached hydrogens (tertiary/aromatic N) is 6. The van der Waals surface area contributed by atoms with Crippen molar-refractivity contribution in [2.45, 2.75) is 0 Å². The molecule has 5 aromatic rings. The van der Waals surface area contributed by atoms with Crippen LogP contribution in [-0.2, 0) is 0 Å². The Balaban J connectivity index is 1.45. The highest BCUT2D eigenvalue weighted by atomic mass is 32.1. The van der Waals surface area contributed by atoms with Crippen LogP contribution < -0.4 is 20.1 Å². The molecule has 0 aliphatic carbocycles. The molecule has 5 heterocycles. The molecule has 0 saturated carbocycles. The molecule has 0 spiro atoms. The van der Waals surface area contributed by atoms with Gasteiger partial charge >= 0.3 is 0 Å². The highest BCUT2D eigenvalue weighted by Gasteiger charge is 2.17. The topological polar surface area (TPSA) is 112 Å². The van der Waals surface area contributed by atoms with Crippen LogP contribution in [-0.4, -0.2) is 36.3 Å². The van der Waals surface area contributed by atoms with Crippen molar-refractivity contribution < 1.29 is 9.47 Å². The van der Waals surface area contributed by atoms with Crippen molar-refractivity contribution in [1.29, 1.82) is 0 Å². The standard InChI is InChI=1S/C20H14N8O2S/c1-2-14-15(30-11-29-14)7-12(1)24-18-17-19(28(10-23-17)13-3-6-31-9-13)27-20(26-18)25-16-8-21-4-5-22-16/h1-10H,11H2,(H2,22,24,25,26,27). The minimum absolute atomic E-state index is 0.216. The Hall–Kier alpha value is -4.25. The van der Waals surface area contributed by atoms with E-state index in [1.165, 1.54) is 0 Å². The van der Waals surface area contributed by atoms with E-state index in [4.69, 9.17) is 9.47 Å². The van der Waals surface area contributed by atoms with E-state index in [0.717, 1.165) is 11.4 Å². The molecule has 0 atom stereocenters. The average molecular weight is 430 g/mol. The molecule has 152 valence electrons. The van der Waals surface area contributed by atoms with E-state index in [1.807, 2.05) is 39.6 Å². The second kappa shape index (κ2) is 7.22. The summed E-state index contributed by atoms with van der Waals surface area (Å²) in [6.45, 7) is 0.216. The zero-order valence-electron chi connectivity index (χ0n) is 15.9. The minimum Gasteiger partial charge on any atom is -0.454 e. The number of ether oxygens (including phenoxy) is 2. The molecular formula is C20H14N8O2S. The number of rotatable bonds is 5. The van der Waals surface area contributed by atoms with Crippen molar-refractivity contribution in [2.75, 3.05) is 17.4 Å². The third-order valence-corrected chi connectivity index (χ3v) is 5.29. The second-order valence-corrected chi connectivity index (χ2v) is 7.35. The van der Waals surface area contributed by atoms with E-state index in [9.17, 15) is 0 Å². The molecule has 0 amide bonds. The first-order valence-corrected chi connectivity index (χ1v) is 10.3. The highest BCUT2D eigenvalue weighted by molar-refractivity contribution is 7.08. The predicted octanol–water partition coefficient (Wildman–Crippen LogP) is 3.88. The summed E-state index contributed by atoms with van der Waals surface area (Å²) in [5.41, 5.74) is 3.06. The molecule has 0 saturated heterocycles. The van der Waals surface area contributed by atoms with E-state index < -0.39 is 0 Å². The Kier molecular flexibility index (Phi) is 4.10. The average Bonchev–Trinajstić information content (AvgIpc) is 3.54. The normalized spacial score (nSPS) is 12.3. The van der Waals surface area contributed by atoms with E-state index in [2.05, 4.69) is 35.6 Å². The van der Waals surface area contributed by atoms with Crippen molar-refractivity contribution in [3.8, 4) is 17.2 Å².